The first-order chi connectivity index (χ1) is 21.5. The van der Waals surface area contributed by atoms with Crippen molar-refractivity contribution in [3.8, 4) is 5.75 Å². The van der Waals surface area contributed by atoms with Gasteiger partial charge in [0.25, 0.3) is 0 Å². The van der Waals surface area contributed by atoms with Crippen LogP contribution in [0.1, 0.15) is 80.5 Å². The molecule has 0 aliphatic rings. The smallest absolute Gasteiger partial charge is 0.119 e. The van der Waals surface area contributed by atoms with Gasteiger partial charge >= 0.3 is 0 Å². The zero-order valence-corrected chi connectivity index (χ0v) is 27.8. The predicted molar refractivity (Wildman–Crippen MR) is 190 cm³/mol. The lowest BCUT2D eigenvalue weighted by Crippen LogP contribution is -2.24. The van der Waals surface area contributed by atoms with E-state index >= 15 is 0 Å². The Bertz CT molecular complexity index is 1230. The van der Waals surface area contributed by atoms with Gasteiger partial charge in [0, 0.05) is 13.1 Å². The first-order valence-electron chi connectivity index (χ1n) is 16.8. The molecule has 4 aromatic rings. The summed E-state index contributed by atoms with van der Waals surface area (Å²) < 4.78 is 5.48. The summed E-state index contributed by atoms with van der Waals surface area (Å²) >= 11 is 0. The van der Waals surface area contributed by atoms with Crippen molar-refractivity contribution in [1.82, 2.24) is 10.2 Å². The van der Waals surface area contributed by atoms with Crippen molar-refractivity contribution in [2.24, 2.45) is 0 Å². The van der Waals surface area contributed by atoms with Crippen LogP contribution in [0.3, 0.4) is 0 Å². The summed E-state index contributed by atoms with van der Waals surface area (Å²) in [4.78, 5) is 2.47. The van der Waals surface area contributed by atoms with Crippen molar-refractivity contribution in [3.63, 3.8) is 0 Å². The van der Waals surface area contributed by atoms with E-state index in [1.165, 1.54) is 60.9 Å². The minimum absolute atomic E-state index is 0.521. The van der Waals surface area contributed by atoms with E-state index in [0.29, 0.717) is 11.8 Å². The Morgan fingerprint density at radius 2 is 1.16 bits per heavy atom. The van der Waals surface area contributed by atoms with Gasteiger partial charge in [-0.3, -0.25) is 0 Å². The highest BCUT2D eigenvalue weighted by atomic mass is 16.5. The molecule has 3 heteroatoms. The number of hydrogen-bond acceptors (Lipinski definition) is 3. The molecule has 0 fully saturated rings. The molecule has 0 aliphatic heterocycles. The fourth-order valence-corrected chi connectivity index (χ4v) is 5.54. The van der Waals surface area contributed by atoms with Gasteiger partial charge in [0.05, 0.1) is 6.61 Å². The lowest BCUT2D eigenvalue weighted by Gasteiger charge is -2.21. The minimum Gasteiger partial charge on any atom is -0.494 e. The summed E-state index contributed by atoms with van der Waals surface area (Å²) in [5, 5.41) is 3.56. The summed E-state index contributed by atoms with van der Waals surface area (Å²) in [6.45, 7) is 11.7. The summed E-state index contributed by atoms with van der Waals surface area (Å²) in [7, 11) is 2.25. The van der Waals surface area contributed by atoms with Crippen molar-refractivity contribution in [1.29, 1.82) is 0 Å². The Kier molecular flexibility index (Phi) is 17.0. The third-order valence-corrected chi connectivity index (χ3v) is 8.17. The molecule has 0 saturated heterocycles. The number of nitrogens with zero attached hydrogens (tertiary/aromatic N) is 1. The van der Waals surface area contributed by atoms with Gasteiger partial charge in [-0.1, -0.05) is 123 Å². The molecule has 0 bridgehead atoms. The standard InChI is InChI=1S/C21H29N.C20H27NO/c1-19(21-15-9-4-10-16-21)18-22(2)17-11-5-8-14-20-12-6-3-7-13-20;1-3-22-20-13-11-19(12-14-20)17(2)16-21-15-7-10-18-8-5-4-6-9-18/h3-4,6-7,9-10,12-13,15-16,19H,5,8,11,14,17-18H2,1-2H3;4-6,8-9,11-14,17,21H,3,7,10,15-16H2,1-2H3. The van der Waals surface area contributed by atoms with Gasteiger partial charge in [-0.2, -0.15) is 0 Å². The van der Waals surface area contributed by atoms with Crippen molar-refractivity contribution >= 4 is 0 Å². The Morgan fingerprint density at radius 3 is 1.75 bits per heavy atom. The van der Waals surface area contributed by atoms with Crippen LogP contribution in [-0.2, 0) is 12.8 Å². The number of hydrogen-bond donors (Lipinski definition) is 1. The van der Waals surface area contributed by atoms with Crippen LogP contribution in [0.5, 0.6) is 5.75 Å². The average Bonchev–Trinajstić information content (AvgIpc) is 3.06. The van der Waals surface area contributed by atoms with Crippen molar-refractivity contribution in [2.75, 3.05) is 39.8 Å². The number of nitrogens with one attached hydrogen (secondary N) is 1. The maximum absolute atomic E-state index is 5.48. The van der Waals surface area contributed by atoms with Gasteiger partial charge in [0.15, 0.2) is 0 Å². The number of ether oxygens (including phenoxy) is 1. The molecule has 2 atom stereocenters. The van der Waals surface area contributed by atoms with Gasteiger partial charge in [-0.25, -0.2) is 0 Å². The van der Waals surface area contributed by atoms with Crippen LogP contribution in [0.2, 0.25) is 0 Å². The third kappa shape index (κ3) is 14.4. The normalized spacial score (nSPS) is 12.3. The molecule has 0 radical (unpaired) electrons. The van der Waals surface area contributed by atoms with E-state index in [4.69, 9.17) is 4.74 Å². The van der Waals surface area contributed by atoms with E-state index in [-0.39, 0.29) is 0 Å². The largest absolute Gasteiger partial charge is 0.494 e. The number of rotatable bonds is 18. The van der Waals surface area contributed by atoms with Gasteiger partial charge in [-0.15, -0.1) is 0 Å². The summed E-state index contributed by atoms with van der Waals surface area (Å²) in [6, 6.07) is 40.8. The van der Waals surface area contributed by atoms with E-state index in [0.717, 1.165) is 38.4 Å². The highest BCUT2D eigenvalue weighted by Crippen LogP contribution is 2.19. The fraction of sp³-hybridized carbons (Fsp3) is 0.415. The number of unbranched alkanes of at least 4 members (excludes halogenated alkanes) is 2. The minimum atomic E-state index is 0.521. The zero-order chi connectivity index (χ0) is 31.2. The second-order valence-corrected chi connectivity index (χ2v) is 12.1. The molecular formula is C41H56N2O. The Balaban J connectivity index is 0.000000240. The van der Waals surface area contributed by atoms with Crippen molar-refractivity contribution < 1.29 is 4.74 Å². The summed E-state index contributed by atoms with van der Waals surface area (Å²) in [5.74, 6) is 2.08. The van der Waals surface area contributed by atoms with Gasteiger partial charge in [-0.05, 0) is 105 Å². The van der Waals surface area contributed by atoms with Crippen molar-refractivity contribution in [3.05, 3.63) is 138 Å². The van der Waals surface area contributed by atoms with Crippen LogP contribution in [0.15, 0.2) is 115 Å². The molecule has 0 heterocycles. The van der Waals surface area contributed by atoms with E-state index < -0.39 is 0 Å². The molecule has 4 aromatic carbocycles. The Morgan fingerprint density at radius 1 is 0.614 bits per heavy atom. The van der Waals surface area contributed by atoms with Crippen molar-refractivity contribution in [2.45, 2.75) is 71.1 Å². The third-order valence-electron chi connectivity index (χ3n) is 8.17. The average molecular weight is 593 g/mol. The molecule has 2 unspecified atom stereocenters. The van der Waals surface area contributed by atoms with E-state index in [1.807, 2.05) is 6.92 Å². The predicted octanol–water partition coefficient (Wildman–Crippen LogP) is 9.55. The zero-order valence-electron chi connectivity index (χ0n) is 27.8. The second-order valence-electron chi connectivity index (χ2n) is 12.1. The van der Waals surface area contributed by atoms with Gasteiger partial charge < -0.3 is 15.0 Å². The van der Waals surface area contributed by atoms with Crippen LogP contribution in [0, 0.1) is 0 Å². The second kappa shape index (κ2) is 21.3. The maximum atomic E-state index is 5.48. The molecule has 3 nitrogen and oxygen atoms in total. The van der Waals surface area contributed by atoms with Gasteiger partial charge in [0.2, 0.25) is 0 Å². The topological polar surface area (TPSA) is 24.5 Å². The molecule has 0 aromatic heterocycles. The van der Waals surface area contributed by atoms with Crippen LogP contribution >= 0.6 is 0 Å². The fourth-order valence-electron chi connectivity index (χ4n) is 5.54. The SMILES string of the molecule is CC(CN(C)CCCCCc1ccccc1)c1ccccc1.CCOc1ccc(C(C)CNCCCc2ccccc2)cc1. The van der Waals surface area contributed by atoms with Crippen LogP contribution < -0.4 is 10.1 Å². The summed E-state index contributed by atoms with van der Waals surface area (Å²) in [6.07, 6.45) is 7.45. The van der Waals surface area contributed by atoms with E-state index in [1.54, 1.807) is 0 Å². The molecule has 0 aliphatic carbocycles. The quantitative estimate of drug-likeness (QED) is 0.116. The lowest BCUT2D eigenvalue weighted by atomic mass is 10.0. The number of aryl methyl sites for hydroxylation is 2. The first kappa shape index (κ1) is 35.1. The molecule has 1 N–H and O–H groups in total. The number of benzene rings is 4. The highest BCUT2D eigenvalue weighted by Gasteiger charge is 2.08. The Labute approximate surface area is 268 Å². The monoisotopic (exact) mass is 592 g/mol. The molecule has 0 amide bonds. The molecular weight excluding hydrogens is 536 g/mol. The first-order valence-corrected chi connectivity index (χ1v) is 16.8. The number of likely N-dealkylation sites (N-methyl/N-ethyl adjacent to an activating group) is 1. The molecule has 236 valence electrons. The highest BCUT2D eigenvalue weighted by molar-refractivity contribution is 5.29. The Hall–Kier alpha value is -3.40. The molecule has 0 spiro atoms. The summed E-state index contributed by atoms with van der Waals surface area (Å²) in [5.41, 5.74) is 5.69. The van der Waals surface area contributed by atoms with Crippen LogP contribution in [0.25, 0.3) is 0 Å². The molecule has 44 heavy (non-hydrogen) atoms. The molecule has 0 saturated carbocycles. The lowest BCUT2D eigenvalue weighted by molar-refractivity contribution is 0.308. The van der Waals surface area contributed by atoms with E-state index in [9.17, 15) is 0 Å². The molecule has 4 rings (SSSR count). The maximum Gasteiger partial charge on any atom is 0.119 e. The van der Waals surface area contributed by atoms with Crippen LogP contribution in [0.4, 0.5) is 0 Å². The van der Waals surface area contributed by atoms with E-state index in [2.05, 4.69) is 146 Å². The van der Waals surface area contributed by atoms with Crippen LogP contribution in [-0.4, -0.2) is 44.7 Å². The van der Waals surface area contributed by atoms with Gasteiger partial charge in [0.1, 0.15) is 5.75 Å².